The molecule has 5 aromatic rings. The van der Waals surface area contributed by atoms with Crippen molar-refractivity contribution < 1.29 is 46.4 Å². The number of aromatic nitrogens is 4. The van der Waals surface area contributed by atoms with Gasteiger partial charge in [-0.1, -0.05) is 67.2 Å². The molecule has 1 amide bonds. The molecule has 0 unspecified atom stereocenters. The molecule has 1 aliphatic rings. The number of phenols is 1. The van der Waals surface area contributed by atoms with Gasteiger partial charge < -0.3 is 25.0 Å². The summed E-state index contributed by atoms with van der Waals surface area (Å²) in [5.41, 5.74) is 1.74. The van der Waals surface area contributed by atoms with Crippen molar-refractivity contribution in [1.29, 1.82) is 0 Å². The molecule has 16 heteroatoms. The number of hydrogen-bond donors (Lipinski definition) is 3. The van der Waals surface area contributed by atoms with E-state index in [9.17, 15) is 37.0 Å². The van der Waals surface area contributed by atoms with Gasteiger partial charge in [0, 0.05) is 23.8 Å². The Morgan fingerprint density at radius 1 is 0.840 bits per heavy atom. The molecule has 4 aromatic carbocycles. The Hall–Kier alpha value is -4.90. The number of carbonyl (C=O) groups is 1. The van der Waals surface area contributed by atoms with Crippen LogP contribution >= 0.6 is 11.8 Å². The topological polar surface area (TPSA) is 132 Å². The highest BCUT2D eigenvalue weighted by Crippen LogP contribution is 2.43. The lowest BCUT2D eigenvalue weighted by Crippen LogP contribution is -2.38. The lowest BCUT2D eigenvalue weighted by atomic mass is 9.91. The predicted octanol–water partition coefficient (Wildman–Crippen LogP) is 6.07. The van der Waals surface area contributed by atoms with Crippen LogP contribution < -0.4 is 5.32 Å². The van der Waals surface area contributed by atoms with Crippen molar-refractivity contribution in [3.8, 4) is 11.4 Å². The Morgan fingerprint density at radius 2 is 1.44 bits per heavy atom. The maximum absolute atomic E-state index is 14.1. The second-order valence-electron chi connectivity index (χ2n) is 11.4. The van der Waals surface area contributed by atoms with E-state index in [4.69, 9.17) is 9.47 Å². The zero-order valence-corrected chi connectivity index (χ0v) is 26.9. The minimum atomic E-state index is -2.35. The molecule has 3 N–H and O–H groups in total. The van der Waals surface area contributed by atoms with Crippen LogP contribution in [0, 0.1) is 35.0 Å². The summed E-state index contributed by atoms with van der Waals surface area (Å²) >= 11 is 1.37. The molecule has 0 saturated carbocycles. The zero-order valence-electron chi connectivity index (χ0n) is 26.1. The number of amides is 1. The van der Waals surface area contributed by atoms with Gasteiger partial charge >= 0.3 is 0 Å². The molecule has 50 heavy (non-hydrogen) atoms. The Labute approximate surface area is 285 Å². The van der Waals surface area contributed by atoms with Gasteiger partial charge in [0.1, 0.15) is 11.3 Å². The van der Waals surface area contributed by atoms with Gasteiger partial charge in [-0.15, -0.1) is 5.10 Å². The van der Waals surface area contributed by atoms with Gasteiger partial charge in [-0.05, 0) is 51.4 Å². The van der Waals surface area contributed by atoms with E-state index < -0.39 is 53.0 Å². The quantitative estimate of drug-likeness (QED) is 0.0684. The van der Waals surface area contributed by atoms with E-state index in [1.807, 2.05) is 19.1 Å². The van der Waals surface area contributed by atoms with Crippen molar-refractivity contribution in [2.45, 2.75) is 43.7 Å². The van der Waals surface area contributed by atoms with Crippen molar-refractivity contribution in [2.75, 3.05) is 5.75 Å². The summed E-state index contributed by atoms with van der Waals surface area (Å²) in [5.74, 6) is -12.3. The third-order valence-corrected chi connectivity index (χ3v) is 9.19. The second-order valence-corrected chi connectivity index (χ2v) is 12.4. The summed E-state index contributed by atoms with van der Waals surface area (Å²) in [6, 6.07) is 20.3. The second kappa shape index (κ2) is 14.9. The molecule has 260 valence electrons. The van der Waals surface area contributed by atoms with Gasteiger partial charge in [0.25, 0.3) is 5.91 Å². The Morgan fingerprint density at radius 3 is 2.08 bits per heavy atom. The highest BCUT2D eigenvalue weighted by molar-refractivity contribution is 7.99. The van der Waals surface area contributed by atoms with E-state index in [1.54, 1.807) is 53.2 Å². The molecule has 10 nitrogen and oxygen atoms in total. The van der Waals surface area contributed by atoms with Crippen LogP contribution in [-0.4, -0.2) is 48.2 Å². The van der Waals surface area contributed by atoms with Crippen molar-refractivity contribution >= 4 is 17.7 Å². The first-order chi connectivity index (χ1) is 24.0. The zero-order chi connectivity index (χ0) is 35.5. The lowest BCUT2D eigenvalue weighted by molar-refractivity contribution is -0.268. The normalized spacial score (nSPS) is 19.0. The number of ether oxygens (including phenoxy) is 2. The molecule has 0 bridgehead atoms. The van der Waals surface area contributed by atoms with Gasteiger partial charge in [0.2, 0.25) is 11.0 Å². The first kappa shape index (κ1) is 34.9. The third-order valence-electron chi connectivity index (χ3n) is 8.18. The molecule has 4 atom stereocenters. The minimum Gasteiger partial charge on any atom is -0.508 e. The van der Waals surface area contributed by atoms with Gasteiger partial charge in [0.05, 0.1) is 24.5 Å². The molecule has 0 aliphatic carbocycles. The van der Waals surface area contributed by atoms with Crippen molar-refractivity contribution in [3.63, 3.8) is 0 Å². The van der Waals surface area contributed by atoms with Crippen LogP contribution in [0.4, 0.5) is 22.0 Å². The Kier molecular flexibility index (Phi) is 10.4. The van der Waals surface area contributed by atoms with E-state index >= 15 is 0 Å². The summed E-state index contributed by atoms with van der Waals surface area (Å²) in [6.45, 7) is 1.60. The molecule has 1 aliphatic heterocycles. The Balaban J connectivity index is 1.19. The molecule has 0 spiro atoms. The fraction of sp³-hybridized carbons (Fsp3) is 0.235. The SMILES string of the molecule is C[C@H]1[C@@H](CSc2nnnn2-c2ccc(O)cc2)O[C@@H](c2ccc(CNC(=O)c3c(F)c(F)c(F)c(F)c3F)cc2)O[C@H]1c1ccc(CO)cc1. The Bertz CT molecular complexity index is 1950. The smallest absolute Gasteiger partial charge is 0.257 e. The molecular formula is C34H28F5N5O5S. The van der Waals surface area contributed by atoms with Crippen LogP contribution in [0.5, 0.6) is 5.75 Å². The van der Waals surface area contributed by atoms with Crippen LogP contribution in [0.3, 0.4) is 0 Å². The summed E-state index contributed by atoms with van der Waals surface area (Å²) in [5, 5.41) is 33.9. The number of nitrogens with one attached hydrogen (secondary N) is 1. The fourth-order valence-electron chi connectivity index (χ4n) is 5.36. The molecule has 1 fully saturated rings. The van der Waals surface area contributed by atoms with Crippen molar-refractivity contribution in [3.05, 3.63) is 130 Å². The average Bonchev–Trinajstić information content (AvgIpc) is 3.61. The van der Waals surface area contributed by atoms with E-state index in [0.717, 1.165) is 11.1 Å². The van der Waals surface area contributed by atoms with E-state index in [0.29, 0.717) is 27.7 Å². The number of benzene rings is 4. The maximum atomic E-state index is 14.1. The summed E-state index contributed by atoms with van der Waals surface area (Å²) < 4.78 is 83.2. The minimum absolute atomic E-state index is 0.103. The molecule has 1 saturated heterocycles. The fourth-order valence-corrected chi connectivity index (χ4v) is 6.41. The summed E-state index contributed by atoms with van der Waals surface area (Å²) in [6.07, 6.45) is -1.67. The summed E-state index contributed by atoms with van der Waals surface area (Å²) in [4.78, 5) is 12.4. The molecule has 6 rings (SSSR count). The number of hydrogen-bond acceptors (Lipinski definition) is 9. The van der Waals surface area contributed by atoms with Crippen LogP contribution in [-0.2, 0) is 22.6 Å². The highest BCUT2D eigenvalue weighted by Gasteiger charge is 2.39. The van der Waals surface area contributed by atoms with Crippen molar-refractivity contribution in [2.24, 2.45) is 5.92 Å². The van der Waals surface area contributed by atoms with E-state index in [-0.39, 0.29) is 30.9 Å². The number of tetrazole rings is 1. The standard InChI is InChI=1S/C34H28F5N5O5S/c1-17-24(16-50-34-41-42-43-44(34)22-10-12-23(46)13-11-22)48-33(49-31(17)20-6-4-19(15-45)5-7-20)21-8-2-18(3-9-21)14-40-32(47)25-26(35)28(37)30(39)29(38)27(25)36/h2-13,17,24,31,33,45-46H,14-16H2,1H3,(H,40,47)/t17-,24+,31+,33+/m0/s1. The largest absolute Gasteiger partial charge is 0.508 e. The monoisotopic (exact) mass is 713 g/mol. The molecule has 0 radical (unpaired) electrons. The van der Waals surface area contributed by atoms with Crippen molar-refractivity contribution in [1.82, 2.24) is 25.5 Å². The number of rotatable bonds is 10. The van der Waals surface area contributed by atoms with Gasteiger partial charge in [-0.2, -0.15) is 4.68 Å². The molecule has 2 heterocycles. The lowest BCUT2D eigenvalue weighted by Gasteiger charge is -2.41. The molecule has 1 aromatic heterocycles. The number of phenolic OH excluding ortho intramolecular Hbond substituents is 1. The number of aliphatic hydroxyl groups is 1. The number of nitrogens with zero attached hydrogens (tertiary/aromatic N) is 4. The third kappa shape index (κ3) is 7.19. The maximum Gasteiger partial charge on any atom is 0.257 e. The van der Waals surface area contributed by atoms with Crippen LogP contribution in [0.2, 0.25) is 0 Å². The molecular weight excluding hydrogens is 685 g/mol. The summed E-state index contributed by atoms with van der Waals surface area (Å²) in [7, 11) is 0. The van der Waals surface area contributed by atoms with Gasteiger partial charge in [-0.3, -0.25) is 4.79 Å². The van der Waals surface area contributed by atoms with E-state index in [1.165, 1.54) is 23.9 Å². The number of halogens is 5. The van der Waals surface area contributed by atoms with Gasteiger partial charge in [-0.25, -0.2) is 22.0 Å². The van der Waals surface area contributed by atoms with Crippen LogP contribution in [0.15, 0.2) is 78.0 Å². The number of carbonyl (C=O) groups excluding carboxylic acids is 1. The predicted molar refractivity (Wildman–Crippen MR) is 168 cm³/mol. The van der Waals surface area contributed by atoms with Crippen LogP contribution in [0.1, 0.15) is 51.9 Å². The number of aliphatic hydroxyl groups excluding tert-OH is 1. The number of aromatic hydroxyl groups is 1. The van der Waals surface area contributed by atoms with Crippen LogP contribution in [0.25, 0.3) is 5.69 Å². The highest BCUT2D eigenvalue weighted by atomic mass is 32.2. The van der Waals surface area contributed by atoms with Gasteiger partial charge in [0.15, 0.2) is 29.6 Å². The first-order valence-corrected chi connectivity index (χ1v) is 16.1. The average molecular weight is 714 g/mol. The first-order valence-electron chi connectivity index (χ1n) is 15.1. The number of thioether (sulfide) groups is 1. The van der Waals surface area contributed by atoms with E-state index in [2.05, 4.69) is 20.8 Å².